The van der Waals surface area contributed by atoms with E-state index in [1.807, 2.05) is 0 Å². The van der Waals surface area contributed by atoms with Crippen molar-refractivity contribution in [3.8, 4) is 28.7 Å². The number of thioether (sulfide) groups is 1. The first-order valence-electron chi connectivity index (χ1n) is 14.3. The Balaban J connectivity index is 1.49. The summed E-state index contributed by atoms with van der Waals surface area (Å²) < 4.78 is 26.8. The van der Waals surface area contributed by atoms with Crippen LogP contribution in [0.25, 0.3) is 6.08 Å². The molecule has 0 unspecified atom stereocenters. The Morgan fingerprint density at radius 3 is 1.94 bits per heavy atom. The van der Waals surface area contributed by atoms with Crippen molar-refractivity contribution >= 4 is 58.5 Å². The van der Waals surface area contributed by atoms with Gasteiger partial charge in [-0.2, -0.15) is 0 Å². The molecule has 13 heteroatoms. The monoisotopic (exact) mass is 691 g/mol. The SMILES string of the molecule is COc1cc(OC)c(NC(=O)CSc2ccc(NC(=O)/C(=C/c3cc(OC)c(OC)cc3OC)NC(=O)c3ccccc3)cc2)cc1Cl. The second-order valence-electron chi connectivity index (χ2n) is 9.83. The fourth-order valence-corrected chi connectivity index (χ4v) is 5.33. The number of anilines is 2. The van der Waals surface area contributed by atoms with Crippen molar-refractivity contribution in [2.45, 2.75) is 4.90 Å². The maximum absolute atomic E-state index is 13.6. The van der Waals surface area contributed by atoms with E-state index in [4.69, 9.17) is 35.3 Å². The van der Waals surface area contributed by atoms with Gasteiger partial charge in [0.15, 0.2) is 11.5 Å². The molecule has 3 N–H and O–H groups in total. The standard InChI is InChI=1S/C35H34ClN3O8S/c1-43-28-18-32(47-5)31(46-4)16-22(28)15-27(39-34(41)21-9-7-6-8-10-21)35(42)37-23-11-13-24(14-12-23)48-20-33(40)38-26-17-25(36)29(44-2)19-30(26)45-3/h6-19H,20H2,1-5H3,(H,37,42)(H,38,40)(H,39,41)/b27-15-. The summed E-state index contributed by atoms with van der Waals surface area (Å²) >= 11 is 7.51. The quantitative estimate of drug-likeness (QED) is 0.0998. The number of carbonyl (C=O) groups excluding carboxylic acids is 3. The second-order valence-corrected chi connectivity index (χ2v) is 11.3. The van der Waals surface area contributed by atoms with E-state index < -0.39 is 11.8 Å². The fraction of sp³-hybridized carbons (Fsp3) is 0.171. The molecule has 0 saturated carbocycles. The number of nitrogens with one attached hydrogen (secondary N) is 3. The van der Waals surface area contributed by atoms with Crippen molar-refractivity contribution in [3.63, 3.8) is 0 Å². The molecule has 0 aliphatic rings. The number of benzene rings is 4. The molecule has 0 saturated heterocycles. The summed E-state index contributed by atoms with van der Waals surface area (Å²) in [4.78, 5) is 40.1. The van der Waals surface area contributed by atoms with Gasteiger partial charge in [-0.25, -0.2) is 0 Å². The van der Waals surface area contributed by atoms with Gasteiger partial charge in [0.05, 0.1) is 52.0 Å². The van der Waals surface area contributed by atoms with E-state index in [2.05, 4.69) is 16.0 Å². The number of hydrogen-bond acceptors (Lipinski definition) is 9. The fourth-order valence-electron chi connectivity index (χ4n) is 4.39. The van der Waals surface area contributed by atoms with Crippen molar-refractivity contribution in [2.24, 2.45) is 0 Å². The topological polar surface area (TPSA) is 133 Å². The Labute approximate surface area is 287 Å². The minimum atomic E-state index is -0.581. The largest absolute Gasteiger partial charge is 0.496 e. The van der Waals surface area contributed by atoms with Crippen molar-refractivity contribution in [2.75, 3.05) is 51.9 Å². The van der Waals surface area contributed by atoms with Gasteiger partial charge < -0.3 is 39.6 Å². The number of hydrogen-bond donors (Lipinski definition) is 3. The molecule has 0 bridgehead atoms. The molecule has 4 rings (SSSR count). The third kappa shape index (κ3) is 9.14. The van der Waals surface area contributed by atoms with E-state index in [1.165, 1.54) is 53.4 Å². The second kappa shape index (κ2) is 17.0. The summed E-state index contributed by atoms with van der Waals surface area (Å²) in [7, 11) is 7.45. The van der Waals surface area contributed by atoms with Crippen LogP contribution < -0.4 is 39.6 Å². The number of amides is 3. The molecule has 0 fully saturated rings. The first kappa shape index (κ1) is 35.5. The average molecular weight is 692 g/mol. The van der Waals surface area contributed by atoms with E-state index in [0.717, 1.165) is 4.90 Å². The first-order chi connectivity index (χ1) is 23.2. The lowest BCUT2D eigenvalue weighted by molar-refractivity contribution is -0.114. The Hall–Kier alpha value is -5.33. The average Bonchev–Trinajstić information content (AvgIpc) is 3.11. The van der Waals surface area contributed by atoms with E-state index in [-0.39, 0.29) is 17.4 Å². The van der Waals surface area contributed by atoms with Crippen LogP contribution in [0.2, 0.25) is 5.02 Å². The molecule has 4 aromatic carbocycles. The molecular formula is C35H34ClN3O8S. The zero-order valence-electron chi connectivity index (χ0n) is 26.8. The van der Waals surface area contributed by atoms with Crippen LogP contribution in [0, 0.1) is 0 Å². The predicted octanol–water partition coefficient (Wildman–Crippen LogP) is 6.52. The van der Waals surface area contributed by atoms with Crippen molar-refractivity contribution in [1.29, 1.82) is 0 Å². The minimum absolute atomic E-state index is 0.0430. The highest BCUT2D eigenvalue weighted by Crippen LogP contribution is 2.37. The first-order valence-corrected chi connectivity index (χ1v) is 15.7. The van der Waals surface area contributed by atoms with Crippen LogP contribution in [0.1, 0.15) is 15.9 Å². The smallest absolute Gasteiger partial charge is 0.272 e. The highest BCUT2D eigenvalue weighted by molar-refractivity contribution is 8.00. The van der Waals surface area contributed by atoms with Crippen LogP contribution in [0.5, 0.6) is 28.7 Å². The normalized spacial score (nSPS) is 10.8. The summed E-state index contributed by atoms with van der Waals surface area (Å²) in [6, 6.07) is 21.9. The number of methoxy groups -OCH3 is 5. The maximum Gasteiger partial charge on any atom is 0.272 e. The number of ether oxygens (including phenoxy) is 5. The third-order valence-electron chi connectivity index (χ3n) is 6.79. The lowest BCUT2D eigenvalue weighted by Gasteiger charge is -2.15. The molecule has 0 aromatic heterocycles. The van der Waals surface area contributed by atoms with Gasteiger partial charge in [-0.05, 0) is 54.6 Å². The molecule has 48 heavy (non-hydrogen) atoms. The van der Waals surface area contributed by atoms with Gasteiger partial charge in [0.1, 0.15) is 22.9 Å². The van der Waals surface area contributed by atoms with Gasteiger partial charge in [-0.3, -0.25) is 14.4 Å². The molecule has 0 atom stereocenters. The minimum Gasteiger partial charge on any atom is -0.496 e. The maximum atomic E-state index is 13.6. The van der Waals surface area contributed by atoms with E-state index in [0.29, 0.717) is 56.3 Å². The van der Waals surface area contributed by atoms with Crippen molar-refractivity contribution in [3.05, 3.63) is 101 Å². The van der Waals surface area contributed by atoms with Gasteiger partial charge >= 0.3 is 0 Å². The summed E-state index contributed by atoms with van der Waals surface area (Å²) in [5, 5.41) is 8.66. The Morgan fingerprint density at radius 1 is 0.708 bits per heavy atom. The Bertz CT molecular complexity index is 1800. The summed E-state index contributed by atoms with van der Waals surface area (Å²) in [5.74, 6) is 0.849. The molecule has 0 aliphatic heterocycles. The lowest BCUT2D eigenvalue weighted by Crippen LogP contribution is -2.30. The number of carbonyl (C=O) groups is 3. The molecule has 4 aromatic rings. The molecule has 0 spiro atoms. The van der Waals surface area contributed by atoms with Crippen molar-refractivity contribution < 1.29 is 38.1 Å². The zero-order chi connectivity index (χ0) is 34.6. The zero-order valence-corrected chi connectivity index (χ0v) is 28.4. The van der Waals surface area contributed by atoms with Crippen LogP contribution in [-0.2, 0) is 9.59 Å². The number of halogens is 1. The molecule has 11 nitrogen and oxygen atoms in total. The van der Waals surface area contributed by atoms with Gasteiger partial charge in [-0.15, -0.1) is 11.8 Å². The predicted molar refractivity (Wildman–Crippen MR) is 187 cm³/mol. The Kier molecular flexibility index (Phi) is 12.6. The van der Waals surface area contributed by atoms with E-state index in [1.54, 1.807) is 78.9 Å². The van der Waals surface area contributed by atoms with Gasteiger partial charge in [0.25, 0.3) is 11.8 Å². The molecule has 250 valence electrons. The van der Waals surface area contributed by atoms with Crippen LogP contribution >= 0.6 is 23.4 Å². The summed E-state index contributed by atoms with van der Waals surface area (Å²) in [6.45, 7) is 0. The molecule has 0 heterocycles. The van der Waals surface area contributed by atoms with Gasteiger partial charge in [-0.1, -0.05) is 29.8 Å². The van der Waals surface area contributed by atoms with Crippen LogP contribution in [0.3, 0.4) is 0 Å². The van der Waals surface area contributed by atoms with Crippen LogP contribution in [0.15, 0.2) is 89.5 Å². The molecule has 0 aliphatic carbocycles. The van der Waals surface area contributed by atoms with E-state index >= 15 is 0 Å². The highest BCUT2D eigenvalue weighted by atomic mass is 35.5. The van der Waals surface area contributed by atoms with E-state index in [9.17, 15) is 14.4 Å². The van der Waals surface area contributed by atoms with Crippen LogP contribution in [0.4, 0.5) is 11.4 Å². The molecule has 3 amide bonds. The Morgan fingerprint density at radius 2 is 1.31 bits per heavy atom. The summed E-state index contributed by atoms with van der Waals surface area (Å²) in [5.41, 5.74) is 1.67. The van der Waals surface area contributed by atoms with Crippen LogP contribution in [-0.4, -0.2) is 59.0 Å². The van der Waals surface area contributed by atoms with Gasteiger partial charge in [0.2, 0.25) is 5.91 Å². The summed E-state index contributed by atoms with van der Waals surface area (Å²) in [6.07, 6.45) is 1.49. The number of rotatable bonds is 14. The molecule has 0 radical (unpaired) electrons. The molecular weight excluding hydrogens is 658 g/mol. The van der Waals surface area contributed by atoms with Gasteiger partial charge in [0, 0.05) is 33.8 Å². The van der Waals surface area contributed by atoms with Crippen molar-refractivity contribution in [1.82, 2.24) is 5.32 Å². The third-order valence-corrected chi connectivity index (χ3v) is 8.10. The highest BCUT2D eigenvalue weighted by Gasteiger charge is 2.18. The lowest BCUT2D eigenvalue weighted by atomic mass is 10.1.